The van der Waals surface area contributed by atoms with E-state index in [0.717, 1.165) is 24.1 Å². The first-order chi connectivity index (χ1) is 18.5. The Morgan fingerprint density at radius 1 is 1.03 bits per heavy atom. The van der Waals surface area contributed by atoms with Gasteiger partial charge in [-0.2, -0.15) is 5.10 Å². The second kappa shape index (κ2) is 11.6. The first-order valence-electron chi connectivity index (χ1n) is 12.8. The highest BCUT2D eigenvalue weighted by molar-refractivity contribution is 5.94. The van der Waals surface area contributed by atoms with Crippen LogP contribution >= 0.6 is 0 Å². The maximum absolute atomic E-state index is 13.7. The van der Waals surface area contributed by atoms with E-state index < -0.39 is 5.82 Å². The highest BCUT2D eigenvalue weighted by Crippen LogP contribution is 2.33. The van der Waals surface area contributed by atoms with Gasteiger partial charge < -0.3 is 14.4 Å². The van der Waals surface area contributed by atoms with Crippen molar-refractivity contribution in [1.82, 2.24) is 14.7 Å². The van der Waals surface area contributed by atoms with Crippen molar-refractivity contribution in [2.24, 2.45) is 0 Å². The molecule has 0 N–H and O–H groups in total. The van der Waals surface area contributed by atoms with Gasteiger partial charge >= 0.3 is 0 Å². The number of halogens is 2. The summed E-state index contributed by atoms with van der Waals surface area (Å²) in [6.07, 6.45) is 2.30. The van der Waals surface area contributed by atoms with Gasteiger partial charge in [-0.05, 0) is 79.9 Å². The summed E-state index contributed by atoms with van der Waals surface area (Å²) in [6.45, 7) is 3.24. The predicted octanol–water partition coefficient (Wildman–Crippen LogP) is 6.33. The van der Waals surface area contributed by atoms with Crippen LogP contribution in [0.5, 0.6) is 11.6 Å². The lowest BCUT2D eigenvalue weighted by Gasteiger charge is -2.26. The van der Waals surface area contributed by atoms with Crippen molar-refractivity contribution in [3.8, 4) is 17.3 Å². The van der Waals surface area contributed by atoms with Crippen LogP contribution in [0.25, 0.3) is 5.69 Å². The van der Waals surface area contributed by atoms with E-state index in [1.807, 2.05) is 37.3 Å². The van der Waals surface area contributed by atoms with E-state index in [1.54, 1.807) is 21.7 Å². The molecule has 0 saturated carbocycles. The van der Waals surface area contributed by atoms with Gasteiger partial charge in [0, 0.05) is 18.7 Å². The summed E-state index contributed by atoms with van der Waals surface area (Å²) in [5.74, 6) is 0.0662. The molecule has 1 aliphatic rings. The number of nitrogens with zero attached hydrogens (tertiary/aromatic N) is 3. The highest BCUT2D eigenvalue weighted by Gasteiger charge is 2.28. The summed E-state index contributed by atoms with van der Waals surface area (Å²) in [5.41, 5.74) is 2.52. The fraction of sp³-hybridized carbons (Fsp3) is 0.267. The van der Waals surface area contributed by atoms with Crippen molar-refractivity contribution in [1.29, 1.82) is 0 Å². The number of ether oxygens (including phenoxy) is 2. The predicted molar refractivity (Wildman–Crippen MR) is 140 cm³/mol. The Morgan fingerprint density at radius 3 is 2.34 bits per heavy atom. The van der Waals surface area contributed by atoms with E-state index in [1.165, 1.54) is 36.4 Å². The second-order valence-electron chi connectivity index (χ2n) is 9.21. The third-order valence-electron chi connectivity index (χ3n) is 6.56. The molecule has 1 amide bonds. The molecule has 0 radical (unpaired) electrons. The normalized spacial score (nSPS) is 15.0. The molecular weight excluding hydrogens is 488 g/mol. The number of hydrogen-bond acceptors (Lipinski definition) is 4. The van der Waals surface area contributed by atoms with Gasteiger partial charge in [-0.1, -0.05) is 25.1 Å². The summed E-state index contributed by atoms with van der Waals surface area (Å²) in [5, 5.41) is 4.80. The van der Waals surface area contributed by atoms with E-state index in [4.69, 9.17) is 14.6 Å². The minimum atomic E-state index is -0.403. The number of hydrogen-bond donors (Lipinski definition) is 0. The van der Waals surface area contributed by atoms with Crippen LogP contribution in [0.3, 0.4) is 0 Å². The van der Waals surface area contributed by atoms with Crippen LogP contribution in [-0.2, 0) is 17.7 Å². The third kappa shape index (κ3) is 5.75. The Balaban J connectivity index is 1.57. The molecule has 0 bridgehead atoms. The topological polar surface area (TPSA) is 56.6 Å². The molecule has 1 fully saturated rings. The quantitative estimate of drug-likeness (QED) is 0.261. The maximum Gasteiger partial charge on any atom is 0.254 e. The molecule has 5 rings (SSSR count). The van der Waals surface area contributed by atoms with Gasteiger partial charge in [0.25, 0.3) is 5.91 Å². The standard InChI is InChI=1S/C30H29F2N3O3/c1-2-28-27(20-34(19-26-9-6-18-37-26)29(36)21-10-12-22(31)13-11-21)30(38-25-7-4-3-5-8-25)35(33-28)24-16-14-23(32)15-17-24/h3-5,7-8,10-17,26H,2,6,9,18-20H2,1H3. The molecule has 1 unspecified atom stereocenters. The number of aromatic nitrogens is 2. The van der Waals surface area contributed by atoms with Crippen LogP contribution in [-0.4, -0.2) is 39.8 Å². The van der Waals surface area contributed by atoms with Gasteiger partial charge in [-0.3, -0.25) is 4.79 Å². The minimum Gasteiger partial charge on any atom is -0.439 e. The number of rotatable bonds is 9. The fourth-order valence-corrected chi connectivity index (χ4v) is 4.60. The van der Waals surface area contributed by atoms with Gasteiger partial charge in [0.1, 0.15) is 17.4 Å². The summed E-state index contributed by atoms with van der Waals surface area (Å²) in [7, 11) is 0. The molecule has 0 spiro atoms. The summed E-state index contributed by atoms with van der Waals surface area (Å²) < 4.78 is 41.1. The molecule has 196 valence electrons. The molecule has 38 heavy (non-hydrogen) atoms. The van der Waals surface area contributed by atoms with Crippen molar-refractivity contribution < 1.29 is 23.0 Å². The molecule has 1 aliphatic heterocycles. The first-order valence-corrected chi connectivity index (χ1v) is 12.8. The number of aryl methyl sites for hydroxylation is 1. The molecule has 8 heteroatoms. The lowest BCUT2D eigenvalue weighted by Crippen LogP contribution is -2.37. The van der Waals surface area contributed by atoms with Crippen LogP contribution in [0.1, 0.15) is 41.4 Å². The van der Waals surface area contributed by atoms with Crippen LogP contribution in [0.15, 0.2) is 78.9 Å². The maximum atomic E-state index is 13.7. The van der Waals surface area contributed by atoms with Gasteiger partial charge in [-0.15, -0.1) is 0 Å². The van der Waals surface area contributed by atoms with E-state index in [9.17, 15) is 13.6 Å². The minimum absolute atomic E-state index is 0.0879. The van der Waals surface area contributed by atoms with E-state index in [-0.39, 0.29) is 24.4 Å². The lowest BCUT2D eigenvalue weighted by molar-refractivity contribution is 0.0505. The Hall–Kier alpha value is -4.04. The molecule has 1 atom stereocenters. The largest absolute Gasteiger partial charge is 0.439 e. The van der Waals surface area contributed by atoms with E-state index in [2.05, 4.69) is 0 Å². The number of para-hydroxylation sites is 1. The van der Waals surface area contributed by atoms with Gasteiger partial charge in [0.2, 0.25) is 5.88 Å². The van der Waals surface area contributed by atoms with Crippen molar-refractivity contribution in [3.05, 3.63) is 107 Å². The van der Waals surface area contributed by atoms with Crippen molar-refractivity contribution in [3.63, 3.8) is 0 Å². The zero-order valence-electron chi connectivity index (χ0n) is 21.1. The zero-order valence-corrected chi connectivity index (χ0v) is 21.1. The van der Waals surface area contributed by atoms with E-state index >= 15 is 0 Å². The van der Waals surface area contributed by atoms with Crippen molar-refractivity contribution in [2.45, 2.75) is 38.8 Å². The van der Waals surface area contributed by atoms with Crippen LogP contribution in [0, 0.1) is 11.6 Å². The number of carbonyl (C=O) groups is 1. The first kappa shape index (κ1) is 25.6. The van der Waals surface area contributed by atoms with Crippen molar-refractivity contribution >= 4 is 5.91 Å². The Labute approximate surface area is 220 Å². The second-order valence-corrected chi connectivity index (χ2v) is 9.21. The van der Waals surface area contributed by atoms with Gasteiger partial charge in [0.05, 0.1) is 29.6 Å². The molecule has 4 aromatic rings. The third-order valence-corrected chi connectivity index (χ3v) is 6.56. The molecule has 6 nitrogen and oxygen atoms in total. The molecule has 3 aromatic carbocycles. The molecule has 1 saturated heterocycles. The number of amides is 1. The highest BCUT2D eigenvalue weighted by atomic mass is 19.1. The van der Waals surface area contributed by atoms with Crippen LogP contribution < -0.4 is 4.74 Å². The summed E-state index contributed by atoms with van der Waals surface area (Å²) in [6, 6.07) is 20.9. The SMILES string of the molecule is CCc1nn(-c2ccc(F)cc2)c(Oc2ccccc2)c1CN(CC1CCCO1)C(=O)c1ccc(F)cc1. The van der Waals surface area contributed by atoms with E-state index in [0.29, 0.717) is 42.5 Å². The average Bonchev–Trinajstić information content (AvgIpc) is 3.57. The monoisotopic (exact) mass is 517 g/mol. The summed E-state index contributed by atoms with van der Waals surface area (Å²) in [4.78, 5) is 15.4. The van der Waals surface area contributed by atoms with Gasteiger partial charge in [-0.25, -0.2) is 13.5 Å². The Morgan fingerprint density at radius 2 is 1.71 bits per heavy atom. The molecule has 2 heterocycles. The fourth-order valence-electron chi connectivity index (χ4n) is 4.60. The number of benzene rings is 3. The zero-order chi connectivity index (χ0) is 26.5. The van der Waals surface area contributed by atoms with Crippen LogP contribution in [0.4, 0.5) is 8.78 Å². The smallest absolute Gasteiger partial charge is 0.254 e. The van der Waals surface area contributed by atoms with Crippen molar-refractivity contribution in [2.75, 3.05) is 13.2 Å². The lowest BCUT2D eigenvalue weighted by atomic mass is 10.1. The number of carbonyl (C=O) groups excluding carboxylic acids is 1. The van der Waals surface area contributed by atoms with Gasteiger partial charge in [0.15, 0.2) is 0 Å². The Bertz CT molecular complexity index is 1370. The molecule has 1 aromatic heterocycles. The molecule has 0 aliphatic carbocycles. The average molecular weight is 518 g/mol. The summed E-state index contributed by atoms with van der Waals surface area (Å²) >= 11 is 0. The Kier molecular flexibility index (Phi) is 7.79. The van der Waals surface area contributed by atoms with Crippen LogP contribution in [0.2, 0.25) is 0 Å². The molecular formula is C30H29F2N3O3.